The van der Waals surface area contributed by atoms with E-state index in [1.165, 1.54) is 44.1 Å². The van der Waals surface area contributed by atoms with Crippen LogP contribution in [0.3, 0.4) is 0 Å². The van der Waals surface area contributed by atoms with Crippen molar-refractivity contribution in [3.8, 4) is 26.8 Å². The highest BCUT2D eigenvalue weighted by Crippen LogP contribution is 2.34. The number of aromatic nitrogens is 1. The topological polar surface area (TPSA) is 22.1 Å². The number of benzene rings is 2. The molecule has 0 radical (unpaired) electrons. The first-order chi connectivity index (χ1) is 15.2. The zero-order chi connectivity index (χ0) is 21.9. The number of hydrogen-bond donors (Lipinski definition) is 0. The normalized spacial score (nSPS) is 11.1. The smallest absolute Gasteiger partial charge is 0.165 e. The average molecular weight is 440 g/mol. The van der Waals surface area contributed by atoms with E-state index in [1.54, 1.807) is 23.5 Å². The zero-order valence-corrected chi connectivity index (χ0v) is 19.6. The lowest BCUT2D eigenvalue weighted by Gasteiger charge is -2.08. The molecule has 0 spiro atoms. The summed E-state index contributed by atoms with van der Waals surface area (Å²) in [4.78, 5) is 5.54. The van der Waals surface area contributed by atoms with Gasteiger partial charge < -0.3 is 4.74 Å². The molecular formula is C27H34FNOS. The third-order valence-corrected chi connectivity index (χ3v) is 6.59. The molecule has 2 aromatic carbocycles. The predicted molar refractivity (Wildman–Crippen MR) is 130 cm³/mol. The van der Waals surface area contributed by atoms with E-state index >= 15 is 0 Å². The van der Waals surface area contributed by atoms with Gasteiger partial charge in [-0.15, -0.1) is 11.3 Å². The lowest BCUT2D eigenvalue weighted by atomic mass is 10.0. The standard InChI is InChI=1S/C27H34FNOS/c1-3-5-7-9-11-21-12-14-22(15-13-21)27-29-20-26(31-27)23-16-17-25(24(28)19-23)30-18-10-8-6-4-2/h12-17,19-20H,3-11,18H2,1-2H3. The molecule has 3 rings (SSSR count). The molecule has 0 amide bonds. The molecule has 4 heteroatoms. The number of nitrogens with zero attached hydrogens (tertiary/aromatic N) is 1. The molecule has 3 aromatic rings. The quantitative estimate of drug-likeness (QED) is 0.248. The van der Waals surface area contributed by atoms with Gasteiger partial charge in [-0.3, -0.25) is 0 Å². The van der Waals surface area contributed by atoms with Crippen LogP contribution in [0.1, 0.15) is 70.8 Å². The van der Waals surface area contributed by atoms with Crippen LogP contribution in [0.4, 0.5) is 4.39 Å². The van der Waals surface area contributed by atoms with E-state index in [1.807, 2.05) is 12.3 Å². The summed E-state index contributed by atoms with van der Waals surface area (Å²) in [5, 5.41) is 0.962. The minimum Gasteiger partial charge on any atom is -0.491 e. The fraction of sp³-hybridized carbons (Fsp3) is 0.444. The molecule has 0 aliphatic carbocycles. The van der Waals surface area contributed by atoms with E-state index in [0.717, 1.165) is 40.3 Å². The van der Waals surface area contributed by atoms with Crippen molar-refractivity contribution in [3.63, 3.8) is 0 Å². The van der Waals surface area contributed by atoms with Crippen molar-refractivity contribution in [2.24, 2.45) is 0 Å². The number of unbranched alkanes of at least 4 members (excludes halogenated alkanes) is 6. The number of halogens is 1. The Kier molecular flexibility index (Phi) is 9.54. The maximum atomic E-state index is 14.5. The molecule has 1 heterocycles. The van der Waals surface area contributed by atoms with Gasteiger partial charge in [0, 0.05) is 11.8 Å². The van der Waals surface area contributed by atoms with Gasteiger partial charge in [-0.05, 0) is 48.6 Å². The van der Waals surface area contributed by atoms with Gasteiger partial charge in [0.1, 0.15) is 5.01 Å². The van der Waals surface area contributed by atoms with E-state index in [9.17, 15) is 4.39 Å². The van der Waals surface area contributed by atoms with Crippen molar-refractivity contribution in [1.29, 1.82) is 0 Å². The van der Waals surface area contributed by atoms with Gasteiger partial charge >= 0.3 is 0 Å². The molecule has 0 aliphatic rings. The van der Waals surface area contributed by atoms with Crippen molar-refractivity contribution < 1.29 is 9.13 Å². The van der Waals surface area contributed by atoms with Crippen molar-refractivity contribution in [2.75, 3.05) is 6.61 Å². The summed E-state index contributed by atoms with van der Waals surface area (Å²) < 4.78 is 20.1. The van der Waals surface area contributed by atoms with Gasteiger partial charge in [-0.1, -0.05) is 76.6 Å². The third kappa shape index (κ3) is 7.17. The predicted octanol–water partition coefficient (Wildman–Crippen LogP) is 8.70. The molecule has 31 heavy (non-hydrogen) atoms. The molecule has 0 saturated carbocycles. The van der Waals surface area contributed by atoms with Crippen molar-refractivity contribution in [3.05, 3.63) is 60.0 Å². The second-order valence-electron chi connectivity index (χ2n) is 8.09. The lowest BCUT2D eigenvalue weighted by Crippen LogP contribution is -1.99. The van der Waals surface area contributed by atoms with Crippen LogP contribution in [-0.2, 0) is 6.42 Å². The molecule has 2 nitrogen and oxygen atoms in total. The monoisotopic (exact) mass is 439 g/mol. The summed E-state index contributed by atoms with van der Waals surface area (Å²) in [5.41, 5.74) is 3.33. The largest absolute Gasteiger partial charge is 0.491 e. The zero-order valence-electron chi connectivity index (χ0n) is 18.8. The Morgan fingerprint density at radius 2 is 1.55 bits per heavy atom. The van der Waals surface area contributed by atoms with Crippen molar-refractivity contribution in [1.82, 2.24) is 4.98 Å². The summed E-state index contributed by atoms with van der Waals surface area (Å²) in [7, 11) is 0. The Balaban J connectivity index is 1.59. The van der Waals surface area contributed by atoms with Gasteiger partial charge in [-0.2, -0.15) is 0 Å². The second-order valence-corrected chi connectivity index (χ2v) is 9.12. The first-order valence-corrected chi connectivity index (χ1v) is 12.5. The molecule has 0 saturated heterocycles. The number of ether oxygens (including phenoxy) is 1. The minimum absolute atomic E-state index is 0.310. The maximum Gasteiger partial charge on any atom is 0.165 e. The molecular weight excluding hydrogens is 405 g/mol. The van der Waals surface area contributed by atoms with Crippen molar-refractivity contribution >= 4 is 11.3 Å². The highest BCUT2D eigenvalue weighted by Gasteiger charge is 2.10. The fourth-order valence-electron chi connectivity index (χ4n) is 3.59. The summed E-state index contributed by atoms with van der Waals surface area (Å²) in [5.74, 6) is 0.0230. The Morgan fingerprint density at radius 1 is 0.839 bits per heavy atom. The van der Waals surface area contributed by atoms with Crippen LogP contribution < -0.4 is 4.74 Å². The maximum absolute atomic E-state index is 14.5. The number of thiazole rings is 1. The highest BCUT2D eigenvalue weighted by molar-refractivity contribution is 7.18. The average Bonchev–Trinajstić information content (AvgIpc) is 3.28. The summed E-state index contributed by atoms with van der Waals surface area (Å²) in [6.45, 7) is 4.98. The van der Waals surface area contributed by atoms with Gasteiger partial charge in [0.25, 0.3) is 0 Å². The van der Waals surface area contributed by atoms with Crippen LogP contribution >= 0.6 is 11.3 Å². The van der Waals surface area contributed by atoms with E-state index < -0.39 is 0 Å². The van der Waals surface area contributed by atoms with Crippen LogP contribution in [0, 0.1) is 5.82 Å². The van der Waals surface area contributed by atoms with Crippen LogP contribution in [0.15, 0.2) is 48.7 Å². The van der Waals surface area contributed by atoms with Crippen LogP contribution in [-0.4, -0.2) is 11.6 Å². The van der Waals surface area contributed by atoms with E-state index in [4.69, 9.17) is 4.74 Å². The Bertz CT molecular complexity index is 919. The van der Waals surface area contributed by atoms with E-state index in [-0.39, 0.29) is 5.82 Å². The van der Waals surface area contributed by atoms with Gasteiger partial charge in [0.05, 0.1) is 11.5 Å². The lowest BCUT2D eigenvalue weighted by molar-refractivity contribution is 0.290. The Morgan fingerprint density at radius 3 is 2.26 bits per heavy atom. The SMILES string of the molecule is CCCCCCOc1ccc(-c2cnc(-c3ccc(CCCCCC)cc3)s2)cc1F. The van der Waals surface area contributed by atoms with E-state index in [0.29, 0.717) is 12.4 Å². The summed E-state index contributed by atoms with van der Waals surface area (Å²) in [6.07, 6.45) is 12.6. The van der Waals surface area contributed by atoms with Crippen LogP contribution in [0.5, 0.6) is 5.75 Å². The molecule has 0 bridgehead atoms. The molecule has 1 aromatic heterocycles. The molecule has 0 atom stereocenters. The van der Waals surface area contributed by atoms with Gasteiger partial charge in [-0.25, -0.2) is 9.37 Å². The first-order valence-electron chi connectivity index (χ1n) is 11.7. The summed E-state index contributed by atoms with van der Waals surface area (Å²) >= 11 is 1.59. The van der Waals surface area contributed by atoms with Crippen LogP contribution in [0.25, 0.3) is 21.0 Å². The number of rotatable bonds is 13. The molecule has 0 unspecified atom stereocenters. The van der Waals surface area contributed by atoms with Crippen LogP contribution in [0.2, 0.25) is 0 Å². The highest BCUT2D eigenvalue weighted by atomic mass is 32.1. The molecule has 166 valence electrons. The Labute approximate surface area is 190 Å². The molecule has 0 N–H and O–H groups in total. The number of hydrogen-bond acceptors (Lipinski definition) is 3. The second kappa shape index (κ2) is 12.6. The Hall–Kier alpha value is -2.20. The van der Waals surface area contributed by atoms with Gasteiger partial charge in [0.2, 0.25) is 0 Å². The van der Waals surface area contributed by atoms with Crippen molar-refractivity contribution in [2.45, 2.75) is 71.6 Å². The summed E-state index contributed by atoms with van der Waals surface area (Å²) in [6, 6.07) is 13.9. The minimum atomic E-state index is -0.310. The van der Waals surface area contributed by atoms with E-state index in [2.05, 4.69) is 43.1 Å². The van der Waals surface area contributed by atoms with Gasteiger partial charge in [0.15, 0.2) is 11.6 Å². The third-order valence-electron chi connectivity index (χ3n) is 5.50. The number of aryl methyl sites for hydroxylation is 1. The first kappa shape index (κ1) is 23.5. The fourth-order valence-corrected chi connectivity index (χ4v) is 4.51. The molecule has 0 aliphatic heterocycles. The molecule has 0 fully saturated rings.